The van der Waals surface area contributed by atoms with Gasteiger partial charge in [0, 0.05) is 77.1 Å². The molecular weight excluding hydrogens is 332 g/mol. The Morgan fingerprint density at radius 3 is 2.96 bits per heavy atom. The first-order chi connectivity index (χ1) is 12.6. The van der Waals surface area contributed by atoms with E-state index < -0.39 is 0 Å². The van der Waals surface area contributed by atoms with Crippen molar-refractivity contribution in [2.75, 3.05) is 39.9 Å². The van der Waals surface area contributed by atoms with E-state index in [4.69, 9.17) is 4.74 Å². The Morgan fingerprint density at radius 2 is 2.19 bits per heavy atom. The second kappa shape index (κ2) is 8.66. The Kier molecular flexibility index (Phi) is 6.29. The third-order valence-electron chi connectivity index (χ3n) is 5.68. The summed E-state index contributed by atoms with van der Waals surface area (Å²) in [5.74, 6) is 0.455. The van der Waals surface area contributed by atoms with Gasteiger partial charge in [0.1, 0.15) is 0 Å². The minimum atomic E-state index is 0.0733. The molecular formula is C19H30N4O3. The Balaban J connectivity index is 1.55. The number of amides is 2. The first kappa shape index (κ1) is 18.9. The van der Waals surface area contributed by atoms with E-state index in [0.717, 1.165) is 51.9 Å². The van der Waals surface area contributed by atoms with E-state index >= 15 is 0 Å². The molecule has 144 valence electrons. The SMILES string of the molecule is COCCCN1C[C@@]2(CCCN(C(=O)CCn3ccnc3)C2)CCC1=O. The molecule has 2 aliphatic heterocycles. The van der Waals surface area contributed by atoms with Crippen LogP contribution in [0, 0.1) is 5.41 Å². The van der Waals surface area contributed by atoms with Crippen LogP contribution >= 0.6 is 0 Å². The van der Waals surface area contributed by atoms with Gasteiger partial charge >= 0.3 is 0 Å². The van der Waals surface area contributed by atoms with Gasteiger partial charge in [-0.05, 0) is 25.7 Å². The molecule has 2 aliphatic rings. The van der Waals surface area contributed by atoms with E-state index in [1.807, 2.05) is 20.6 Å². The Hall–Kier alpha value is -1.89. The fraction of sp³-hybridized carbons (Fsp3) is 0.737. The fourth-order valence-corrected chi connectivity index (χ4v) is 4.26. The summed E-state index contributed by atoms with van der Waals surface area (Å²) in [5.41, 5.74) is 0.0733. The molecule has 0 bridgehead atoms. The Labute approximate surface area is 155 Å². The summed E-state index contributed by atoms with van der Waals surface area (Å²) in [7, 11) is 1.69. The molecule has 0 saturated carbocycles. The van der Waals surface area contributed by atoms with Crippen molar-refractivity contribution in [2.45, 2.75) is 45.1 Å². The summed E-state index contributed by atoms with van der Waals surface area (Å²) in [6, 6.07) is 0. The first-order valence-corrected chi connectivity index (χ1v) is 9.62. The number of aromatic nitrogens is 2. The molecule has 3 heterocycles. The van der Waals surface area contributed by atoms with Crippen molar-refractivity contribution in [2.24, 2.45) is 5.41 Å². The predicted molar refractivity (Wildman–Crippen MR) is 97.4 cm³/mol. The van der Waals surface area contributed by atoms with Crippen LogP contribution in [-0.4, -0.2) is 71.1 Å². The number of hydrogen-bond acceptors (Lipinski definition) is 4. The smallest absolute Gasteiger partial charge is 0.224 e. The lowest BCUT2D eigenvalue weighted by Crippen LogP contribution is -2.55. The van der Waals surface area contributed by atoms with Crippen LogP contribution in [-0.2, 0) is 20.9 Å². The van der Waals surface area contributed by atoms with Crippen molar-refractivity contribution in [3.05, 3.63) is 18.7 Å². The highest BCUT2D eigenvalue weighted by atomic mass is 16.5. The molecule has 1 aromatic rings. The average molecular weight is 362 g/mol. The van der Waals surface area contributed by atoms with Crippen molar-refractivity contribution < 1.29 is 14.3 Å². The average Bonchev–Trinajstić information content (AvgIpc) is 3.17. The van der Waals surface area contributed by atoms with Crippen LogP contribution in [0.15, 0.2) is 18.7 Å². The van der Waals surface area contributed by atoms with Gasteiger partial charge in [-0.25, -0.2) is 4.98 Å². The molecule has 0 N–H and O–H groups in total. The number of ether oxygens (including phenoxy) is 1. The van der Waals surface area contributed by atoms with Gasteiger partial charge in [0.2, 0.25) is 11.8 Å². The van der Waals surface area contributed by atoms with Crippen molar-refractivity contribution in [1.29, 1.82) is 0 Å². The quantitative estimate of drug-likeness (QED) is 0.690. The van der Waals surface area contributed by atoms with Crippen LogP contribution in [0.25, 0.3) is 0 Å². The molecule has 26 heavy (non-hydrogen) atoms. The molecule has 0 aromatic carbocycles. The van der Waals surface area contributed by atoms with E-state index in [9.17, 15) is 9.59 Å². The second-order valence-corrected chi connectivity index (χ2v) is 7.63. The van der Waals surface area contributed by atoms with Crippen LogP contribution in [0.2, 0.25) is 0 Å². The van der Waals surface area contributed by atoms with Crippen molar-refractivity contribution in [3.63, 3.8) is 0 Å². The molecule has 2 saturated heterocycles. The van der Waals surface area contributed by atoms with E-state index in [0.29, 0.717) is 26.0 Å². The third kappa shape index (κ3) is 4.63. The van der Waals surface area contributed by atoms with Gasteiger partial charge in [0.15, 0.2) is 0 Å². The number of rotatable bonds is 7. The van der Waals surface area contributed by atoms with E-state index in [1.165, 1.54) is 0 Å². The van der Waals surface area contributed by atoms with Crippen LogP contribution in [0.5, 0.6) is 0 Å². The molecule has 0 aliphatic carbocycles. The highest BCUT2D eigenvalue weighted by molar-refractivity contribution is 5.78. The van der Waals surface area contributed by atoms with E-state index in [1.54, 1.807) is 19.6 Å². The van der Waals surface area contributed by atoms with Crippen LogP contribution in [0.4, 0.5) is 0 Å². The van der Waals surface area contributed by atoms with Crippen LogP contribution < -0.4 is 0 Å². The van der Waals surface area contributed by atoms with Gasteiger partial charge in [-0.15, -0.1) is 0 Å². The maximum atomic E-state index is 12.7. The topological polar surface area (TPSA) is 67.7 Å². The van der Waals surface area contributed by atoms with Gasteiger partial charge in [0.25, 0.3) is 0 Å². The van der Waals surface area contributed by atoms with E-state index in [-0.39, 0.29) is 17.2 Å². The summed E-state index contributed by atoms with van der Waals surface area (Å²) in [4.78, 5) is 33.0. The lowest BCUT2D eigenvalue weighted by atomic mass is 9.73. The van der Waals surface area contributed by atoms with Gasteiger partial charge in [0.05, 0.1) is 6.33 Å². The first-order valence-electron chi connectivity index (χ1n) is 9.62. The van der Waals surface area contributed by atoms with Crippen LogP contribution in [0.1, 0.15) is 38.5 Å². The number of nitrogens with zero attached hydrogens (tertiary/aromatic N) is 4. The lowest BCUT2D eigenvalue weighted by Gasteiger charge is -2.48. The van der Waals surface area contributed by atoms with Crippen molar-refractivity contribution in [1.82, 2.24) is 19.4 Å². The zero-order chi connectivity index (χ0) is 18.4. The van der Waals surface area contributed by atoms with Gasteiger partial charge in [-0.2, -0.15) is 0 Å². The van der Waals surface area contributed by atoms with Crippen molar-refractivity contribution in [3.8, 4) is 0 Å². The zero-order valence-corrected chi connectivity index (χ0v) is 15.7. The van der Waals surface area contributed by atoms with E-state index in [2.05, 4.69) is 4.98 Å². The van der Waals surface area contributed by atoms with Gasteiger partial charge in [-0.3, -0.25) is 9.59 Å². The molecule has 1 spiro atoms. The number of carbonyl (C=O) groups is 2. The standard InChI is InChI=1S/C19H30N4O3/c1-26-13-3-10-23-15-19(7-4-17(23)24)6-2-9-22(14-19)18(25)5-11-21-12-8-20-16-21/h8,12,16H,2-7,9-11,13-15H2,1H3/t19-/m0/s1. The molecule has 1 aromatic heterocycles. The zero-order valence-electron chi connectivity index (χ0n) is 15.7. The largest absolute Gasteiger partial charge is 0.385 e. The summed E-state index contributed by atoms with van der Waals surface area (Å²) >= 11 is 0. The summed E-state index contributed by atoms with van der Waals surface area (Å²) in [5, 5.41) is 0. The van der Waals surface area contributed by atoms with Crippen LogP contribution in [0.3, 0.4) is 0 Å². The number of methoxy groups -OCH3 is 1. The second-order valence-electron chi connectivity index (χ2n) is 7.63. The molecule has 1 atom stereocenters. The van der Waals surface area contributed by atoms with Crippen molar-refractivity contribution >= 4 is 11.8 Å². The molecule has 3 rings (SSSR count). The third-order valence-corrected chi connectivity index (χ3v) is 5.68. The monoisotopic (exact) mass is 362 g/mol. The summed E-state index contributed by atoms with van der Waals surface area (Å²) in [6.07, 6.45) is 10.4. The number of hydrogen-bond donors (Lipinski definition) is 0. The predicted octanol–water partition coefficient (Wildman–Crippen LogP) is 1.54. The summed E-state index contributed by atoms with van der Waals surface area (Å²) in [6.45, 7) is 4.50. The normalized spacial score (nSPS) is 23.7. The number of aryl methyl sites for hydroxylation is 1. The number of piperidine rings is 2. The maximum absolute atomic E-state index is 12.7. The number of imidazole rings is 1. The molecule has 2 fully saturated rings. The molecule has 0 radical (unpaired) electrons. The van der Waals surface area contributed by atoms with Gasteiger partial charge in [-0.1, -0.05) is 0 Å². The number of likely N-dealkylation sites (tertiary alicyclic amines) is 2. The summed E-state index contributed by atoms with van der Waals surface area (Å²) < 4.78 is 7.05. The molecule has 2 amide bonds. The molecule has 0 unspecified atom stereocenters. The molecule has 7 heteroatoms. The lowest BCUT2D eigenvalue weighted by molar-refractivity contribution is -0.143. The number of carbonyl (C=O) groups excluding carboxylic acids is 2. The minimum absolute atomic E-state index is 0.0733. The Morgan fingerprint density at radius 1 is 1.31 bits per heavy atom. The highest BCUT2D eigenvalue weighted by Gasteiger charge is 2.42. The minimum Gasteiger partial charge on any atom is -0.385 e. The van der Waals surface area contributed by atoms with Gasteiger partial charge < -0.3 is 19.1 Å². The molecule has 7 nitrogen and oxygen atoms in total. The maximum Gasteiger partial charge on any atom is 0.224 e. The highest BCUT2D eigenvalue weighted by Crippen LogP contribution is 2.39. The Bertz CT molecular complexity index is 604. The fourth-order valence-electron chi connectivity index (χ4n) is 4.26.